The molecule has 0 aliphatic heterocycles. The monoisotopic (exact) mass is 1370 g/mol. The fraction of sp³-hybridized carbons (Fsp3) is 0.721. The molecule has 8 bridgehead atoms. The second-order valence-corrected chi connectivity index (χ2v) is 32.4. The summed E-state index contributed by atoms with van der Waals surface area (Å²) in [4.78, 5) is 0. The number of unbranched alkanes of at least 4 members (excludes halogenated alkanes) is 26. The molecule has 0 fully saturated rings. The van der Waals surface area contributed by atoms with E-state index >= 15 is 0 Å². The smallest absolute Gasteiger partial charge is 0.126 e. The summed E-state index contributed by atoms with van der Waals surface area (Å²) in [7, 11) is 17.8. The summed E-state index contributed by atoms with van der Waals surface area (Å²) in [6.45, 7) is 17.1. The van der Waals surface area contributed by atoms with Gasteiger partial charge in [0.1, 0.15) is 75.4 Å². The van der Waals surface area contributed by atoms with E-state index < -0.39 is 0 Å². The lowest BCUT2D eigenvalue weighted by atomic mass is 9.88. The maximum Gasteiger partial charge on any atom is 0.126 e. The van der Waals surface area contributed by atoms with Crippen LogP contribution in [0.25, 0.3) is 0 Å². The van der Waals surface area contributed by atoms with Crippen molar-refractivity contribution in [1.29, 1.82) is 0 Å². The van der Waals surface area contributed by atoms with Gasteiger partial charge in [-0.25, -0.2) is 0 Å². The van der Waals surface area contributed by atoms with E-state index in [1.54, 1.807) is 0 Å². The van der Waals surface area contributed by atoms with Crippen molar-refractivity contribution >= 4 is 0 Å². The number of ether oxygens (including phenoxy) is 4. The third-order valence-electron chi connectivity index (χ3n) is 20.4. The van der Waals surface area contributed by atoms with Crippen molar-refractivity contribution in [3.05, 3.63) is 115 Å². The molecule has 0 saturated heterocycles. The van der Waals surface area contributed by atoms with Gasteiger partial charge in [-0.1, -0.05) is 195 Å². The first-order valence-electron chi connectivity index (χ1n) is 40.0. The lowest BCUT2D eigenvalue weighted by Gasteiger charge is -2.31. The molecule has 1 aliphatic carbocycles. The highest BCUT2D eigenvalue weighted by Crippen LogP contribution is 2.42. The number of aliphatic hydroxyl groups excluding tert-OH is 4. The van der Waals surface area contributed by atoms with Crippen molar-refractivity contribution in [3.63, 3.8) is 0 Å². The van der Waals surface area contributed by atoms with E-state index in [1.165, 1.54) is 176 Å². The highest BCUT2D eigenvalue weighted by molar-refractivity contribution is 5.58. The predicted octanol–water partition coefficient (Wildman–Crippen LogP) is 17.9. The molecular formula is C86H148N4O8+4. The molecule has 0 aromatic heterocycles. The third kappa shape index (κ3) is 32.0. The minimum atomic E-state index is 0.0973. The van der Waals surface area contributed by atoms with Gasteiger partial charge in [-0.15, -0.1) is 0 Å². The maximum atomic E-state index is 10.5. The van der Waals surface area contributed by atoms with Crippen LogP contribution in [0.4, 0.5) is 0 Å². The second-order valence-electron chi connectivity index (χ2n) is 32.4. The van der Waals surface area contributed by atoms with Crippen molar-refractivity contribution < 1.29 is 57.3 Å². The Bertz CT molecular complexity index is 2540. The molecule has 0 atom stereocenters. The average molecular weight is 1370 g/mol. The van der Waals surface area contributed by atoms with E-state index in [2.05, 4.69) is 133 Å². The van der Waals surface area contributed by atoms with Crippen LogP contribution in [0.5, 0.6) is 23.0 Å². The van der Waals surface area contributed by atoms with Crippen molar-refractivity contribution in [2.24, 2.45) is 0 Å². The van der Waals surface area contributed by atoms with Gasteiger partial charge in [0.2, 0.25) is 0 Å². The zero-order valence-corrected chi connectivity index (χ0v) is 65.2. The zero-order chi connectivity index (χ0) is 71.1. The minimum Gasteiger partial charge on any atom is -0.493 e. The number of quaternary nitrogens is 4. The molecule has 0 unspecified atom stereocenters. The van der Waals surface area contributed by atoms with Crippen LogP contribution in [-0.4, -0.2) is 174 Å². The first kappa shape index (κ1) is 84.4. The second kappa shape index (κ2) is 46.4. The molecule has 556 valence electrons. The van der Waals surface area contributed by atoms with Crippen molar-refractivity contribution in [2.75, 3.05) is 135 Å². The van der Waals surface area contributed by atoms with Gasteiger partial charge in [0.05, 0.1) is 109 Å². The SMILES string of the molecule is CCCCCCCCCCCCCCCCOc1c2cc(C[N+](C)(C)CCO)cc1Cc1cc(C[N+](C)(C)CCO)cc(c1OCCC)Cc1cc(C[N+](C)(C)CCO)cc(c1OCCCCCCCCCCCCCCCC)Cc1cc(C[N+](C)(C)CCO)cc(c1OCCC)C2. The molecule has 0 heterocycles. The molecule has 0 radical (unpaired) electrons. The van der Waals surface area contributed by atoms with Crippen molar-refractivity contribution in [2.45, 2.75) is 272 Å². The Morgan fingerprint density at radius 2 is 0.418 bits per heavy atom. The fourth-order valence-electron chi connectivity index (χ4n) is 15.0. The molecule has 5 rings (SSSR count). The largest absolute Gasteiger partial charge is 0.493 e. The Labute approximate surface area is 600 Å². The Kier molecular flexibility index (Phi) is 40.0. The van der Waals surface area contributed by atoms with Crippen LogP contribution in [0.2, 0.25) is 0 Å². The van der Waals surface area contributed by atoms with Gasteiger partial charge in [0.25, 0.3) is 0 Å². The Morgan fingerprint density at radius 1 is 0.245 bits per heavy atom. The van der Waals surface area contributed by atoms with Gasteiger partial charge in [-0.3, -0.25) is 0 Å². The van der Waals surface area contributed by atoms with Gasteiger partial charge < -0.3 is 57.3 Å². The number of aliphatic hydroxyl groups is 4. The fourth-order valence-corrected chi connectivity index (χ4v) is 15.0. The first-order chi connectivity index (χ1) is 47.2. The number of rotatable bonds is 54. The summed E-state index contributed by atoms with van der Waals surface area (Å²) in [6.07, 6.45) is 40.4. The van der Waals surface area contributed by atoms with Gasteiger partial charge in [-0.2, -0.15) is 0 Å². The Morgan fingerprint density at radius 3 is 0.592 bits per heavy atom. The summed E-state index contributed by atoms with van der Waals surface area (Å²) in [6, 6.07) is 19.2. The lowest BCUT2D eigenvalue weighted by Crippen LogP contribution is -2.41. The van der Waals surface area contributed by atoms with E-state index in [-0.39, 0.29) is 26.4 Å². The number of benzene rings is 4. The molecular weight excluding hydrogens is 1220 g/mol. The standard InChI is InChI=1S/C86H148N4O8/c1-13-17-19-21-23-25-27-29-31-33-35-37-39-41-53-97-85-79-59-73(69-89(9,10)45-49-93)60-80(85)64-76-56-72(68-88(7,8)44-48-92)58-78(84(76)96-52-16-4)66-82-62-74(70-90(11,12)46-50-94)61-81(86(82)98-54-42-40-38-36-34-32-30-28-26-24-22-20-18-14-2)65-77-57-71(67-87(5,6)43-47-91)55-75(63-79)83(77)95-51-15-3/h55-62,91-94H,13-54,63-70H2,1-12H3/q+4. The summed E-state index contributed by atoms with van der Waals surface area (Å²) in [5, 5.41) is 41.9. The number of nitrogens with zero attached hydrogens (tertiary/aromatic N) is 4. The maximum absolute atomic E-state index is 10.5. The van der Waals surface area contributed by atoms with Crippen LogP contribution in [-0.2, 0) is 51.9 Å². The van der Waals surface area contributed by atoms with Crippen LogP contribution < -0.4 is 18.9 Å². The highest BCUT2D eigenvalue weighted by Gasteiger charge is 2.29. The Hall–Kier alpha value is -4.24. The molecule has 0 spiro atoms. The molecule has 4 aromatic rings. The molecule has 98 heavy (non-hydrogen) atoms. The van der Waals surface area contributed by atoms with E-state index in [9.17, 15) is 20.4 Å². The van der Waals surface area contributed by atoms with E-state index in [4.69, 9.17) is 18.9 Å². The molecule has 4 aromatic carbocycles. The molecule has 0 saturated carbocycles. The molecule has 12 nitrogen and oxygen atoms in total. The van der Waals surface area contributed by atoms with Crippen molar-refractivity contribution in [1.82, 2.24) is 0 Å². The minimum absolute atomic E-state index is 0.0973. The molecule has 1 aliphatic rings. The van der Waals surface area contributed by atoms with Crippen LogP contribution in [0.15, 0.2) is 48.5 Å². The van der Waals surface area contributed by atoms with Crippen LogP contribution in [0.1, 0.15) is 287 Å². The van der Waals surface area contributed by atoms with E-state index in [0.717, 1.165) is 132 Å². The van der Waals surface area contributed by atoms with Crippen LogP contribution in [0.3, 0.4) is 0 Å². The highest BCUT2D eigenvalue weighted by atomic mass is 16.5. The summed E-state index contributed by atoms with van der Waals surface area (Å²) >= 11 is 0. The third-order valence-corrected chi connectivity index (χ3v) is 20.4. The summed E-state index contributed by atoms with van der Waals surface area (Å²) < 4.78 is 31.8. The quantitative estimate of drug-likeness (QED) is 0.0225. The van der Waals surface area contributed by atoms with Gasteiger partial charge in [0, 0.05) is 47.9 Å². The first-order valence-corrected chi connectivity index (χ1v) is 40.0. The predicted molar refractivity (Wildman–Crippen MR) is 411 cm³/mol. The van der Waals surface area contributed by atoms with Gasteiger partial charge in [-0.05, 0) is 119 Å². The summed E-state index contributed by atoms with van der Waals surface area (Å²) in [5.41, 5.74) is 13.8. The van der Waals surface area contributed by atoms with Gasteiger partial charge in [0.15, 0.2) is 0 Å². The topological polar surface area (TPSA) is 118 Å². The number of hydrogen-bond acceptors (Lipinski definition) is 8. The Balaban J connectivity index is 1.74. The summed E-state index contributed by atoms with van der Waals surface area (Å²) in [5.74, 6) is 3.73. The lowest BCUT2D eigenvalue weighted by molar-refractivity contribution is -0.903. The average Bonchev–Trinajstić information content (AvgIpc) is 0.775. The van der Waals surface area contributed by atoms with Crippen LogP contribution in [0, 0.1) is 0 Å². The van der Waals surface area contributed by atoms with E-state index in [1.807, 2.05) is 0 Å². The van der Waals surface area contributed by atoms with Gasteiger partial charge >= 0.3 is 0 Å². The molecule has 4 N–H and O–H groups in total. The van der Waals surface area contributed by atoms with E-state index in [0.29, 0.717) is 96.2 Å². The molecule has 12 heteroatoms. The number of fused-ring (bicyclic) bond motifs is 8. The molecule has 0 amide bonds. The van der Waals surface area contributed by atoms with Crippen molar-refractivity contribution in [3.8, 4) is 23.0 Å². The number of likely N-dealkylation sites (N-methyl/N-ethyl adjacent to an activating group) is 4. The number of hydrogen-bond donors (Lipinski definition) is 4. The van der Waals surface area contributed by atoms with Crippen LogP contribution >= 0.6 is 0 Å². The zero-order valence-electron chi connectivity index (χ0n) is 65.2. The normalized spacial score (nSPS) is 13.0.